The summed E-state index contributed by atoms with van der Waals surface area (Å²) in [6.07, 6.45) is 3.38. The summed E-state index contributed by atoms with van der Waals surface area (Å²) in [5.74, 6) is 1.29. The lowest BCUT2D eigenvalue weighted by molar-refractivity contribution is -0.121. The Bertz CT molecular complexity index is 1050. The predicted octanol–water partition coefficient (Wildman–Crippen LogP) is 3.38. The second kappa shape index (κ2) is 8.53. The highest BCUT2D eigenvalue weighted by atomic mass is 32.1. The van der Waals surface area contributed by atoms with Crippen LogP contribution in [0, 0.1) is 26.7 Å². The number of aromatic nitrogens is 3. The standard InChI is InChI=1S/C21H25N5O3S/c1-13-9-17(15(3)26(13)19-10-14(2)29-24-19)18(27)12-25-7-4-5-16(11-25)20(28)23-21-22-6-8-30-21/h6,8-10,16H,4-5,7,11-12H2,1-3H3,(H,22,23,28). The van der Waals surface area contributed by atoms with Gasteiger partial charge >= 0.3 is 0 Å². The number of piperidine rings is 1. The number of hydrogen-bond donors (Lipinski definition) is 1. The van der Waals surface area contributed by atoms with Gasteiger partial charge in [-0.15, -0.1) is 11.3 Å². The molecule has 3 aromatic rings. The molecule has 4 heterocycles. The number of carbonyl (C=O) groups is 2. The molecule has 0 aliphatic carbocycles. The van der Waals surface area contributed by atoms with E-state index in [1.807, 2.05) is 42.9 Å². The van der Waals surface area contributed by atoms with E-state index in [2.05, 4.69) is 20.4 Å². The van der Waals surface area contributed by atoms with Crippen molar-refractivity contribution in [1.29, 1.82) is 0 Å². The second-order valence-corrected chi connectivity index (χ2v) is 8.63. The summed E-state index contributed by atoms with van der Waals surface area (Å²) in [6.45, 7) is 7.40. The number of nitrogens with zero attached hydrogens (tertiary/aromatic N) is 4. The smallest absolute Gasteiger partial charge is 0.230 e. The number of aryl methyl sites for hydroxylation is 2. The van der Waals surface area contributed by atoms with E-state index < -0.39 is 0 Å². The average Bonchev–Trinajstić information content (AvgIpc) is 3.43. The fourth-order valence-corrected chi connectivity index (χ4v) is 4.58. The average molecular weight is 428 g/mol. The minimum Gasteiger partial charge on any atom is -0.360 e. The van der Waals surface area contributed by atoms with Crippen molar-refractivity contribution in [2.45, 2.75) is 33.6 Å². The Morgan fingerprint density at radius 1 is 1.30 bits per heavy atom. The molecular formula is C21H25N5O3S. The van der Waals surface area contributed by atoms with Crippen molar-refractivity contribution >= 4 is 28.2 Å². The minimum atomic E-state index is -0.138. The van der Waals surface area contributed by atoms with Crippen LogP contribution in [0.4, 0.5) is 5.13 Å². The van der Waals surface area contributed by atoms with Gasteiger partial charge in [-0.1, -0.05) is 5.16 Å². The number of ketones is 1. The van der Waals surface area contributed by atoms with Crippen molar-refractivity contribution in [3.05, 3.63) is 46.4 Å². The predicted molar refractivity (Wildman–Crippen MR) is 114 cm³/mol. The Kier molecular flexibility index (Phi) is 5.83. The molecule has 1 amide bonds. The highest BCUT2D eigenvalue weighted by Gasteiger charge is 2.28. The molecule has 0 spiro atoms. The molecule has 158 valence electrons. The van der Waals surface area contributed by atoms with Crippen LogP contribution in [0.3, 0.4) is 0 Å². The molecule has 1 fully saturated rings. The summed E-state index contributed by atoms with van der Waals surface area (Å²) in [5.41, 5.74) is 2.46. The van der Waals surface area contributed by atoms with Gasteiger partial charge in [0, 0.05) is 41.1 Å². The van der Waals surface area contributed by atoms with Crippen molar-refractivity contribution in [3.63, 3.8) is 0 Å². The van der Waals surface area contributed by atoms with Crippen molar-refractivity contribution < 1.29 is 14.1 Å². The summed E-state index contributed by atoms with van der Waals surface area (Å²) in [4.78, 5) is 31.8. The highest BCUT2D eigenvalue weighted by Crippen LogP contribution is 2.23. The Morgan fingerprint density at radius 3 is 2.83 bits per heavy atom. The number of rotatable bonds is 6. The van der Waals surface area contributed by atoms with Gasteiger partial charge < -0.3 is 9.84 Å². The molecule has 0 bridgehead atoms. The van der Waals surface area contributed by atoms with Crippen LogP contribution in [0.2, 0.25) is 0 Å². The fraction of sp³-hybridized carbons (Fsp3) is 0.429. The maximum Gasteiger partial charge on any atom is 0.230 e. The lowest BCUT2D eigenvalue weighted by atomic mass is 9.96. The van der Waals surface area contributed by atoms with Crippen LogP contribution in [-0.2, 0) is 4.79 Å². The molecule has 4 rings (SSSR count). The maximum atomic E-state index is 13.1. The van der Waals surface area contributed by atoms with Crippen molar-refractivity contribution in [2.24, 2.45) is 5.92 Å². The van der Waals surface area contributed by atoms with Crippen molar-refractivity contribution in [1.82, 2.24) is 19.6 Å². The van der Waals surface area contributed by atoms with Crippen LogP contribution in [0.5, 0.6) is 0 Å². The van der Waals surface area contributed by atoms with Gasteiger partial charge in [0.2, 0.25) is 5.91 Å². The molecule has 30 heavy (non-hydrogen) atoms. The third-order valence-electron chi connectivity index (χ3n) is 5.48. The number of anilines is 1. The molecule has 1 unspecified atom stereocenters. The van der Waals surface area contributed by atoms with Gasteiger partial charge in [0.25, 0.3) is 0 Å². The maximum absolute atomic E-state index is 13.1. The SMILES string of the molecule is Cc1cc(-n2c(C)cc(C(=O)CN3CCCC(C(=O)Nc4nccs4)C3)c2C)no1. The van der Waals surface area contributed by atoms with Crippen LogP contribution in [-0.4, -0.2) is 50.9 Å². The second-order valence-electron chi connectivity index (χ2n) is 7.74. The number of nitrogens with one attached hydrogen (secondary N) is 1. The first-order chi connectivity index (χ1) is 14.4. The monoisotopic (exact) mass is 427 g/mol. The number of likely N-dealkylation sites (tertiary alicyclic amines) is 1. The van der Waals surface area contributed by atoms with Crippen molar-refractivity contribution in [2.75, 3.05) is 25.0 Å². The molecule has 0 saturated carbocycles. The van der Waals surface area contributed by atoms with E-state index >= 15 is 0 Å². The first kappa shape index (κ1) is 20.5. The van der Waals surface area contributed by atoms with Crippen LogP contribution in [0.1, 0.15) is 40.3 Å². The van der Waals surface area contributed by atoms with E-state index in [4.69, 9.17) is 4.52 Å². The topological polar surface area (TPSA) is 93.3 Å². The Balaban J connectivity index is 1.43. The highest BCUT2D eigenvalue weighted by molar-refractivity contribution is 7.13. The van der Waals surface area contributed by atoms with Crippen LogP contribution >= 0.6 is 11.3 Å². The van der Waals surface area contributed by atoms with Crippen LogP contribution < -0.4 is 5.32 Å². The van der Waals surface area contributed by atoms with E-state index in [-0.39, 0.29) is 17.6 Å². The molecule has 3 aromatic heterocycles. The van der Waals surface area contributed by atoms with Gasteiger partial charge in [0.1, 0.15) is 5.76 Å². The molecule has 1 atom stereocenters. The van der Waals surface area contributed by atoms with E-state index in [9.17, 15) is 9.59 Å². The molecule has 9 heteroatoms. The number of amides is 1. The van der Waals surface area contributed by atoms with Gasteiger partial charge in [-0.2, -0.15) is 0 Å². The minimum absolute atomic E-state index is 0.0262. The largest absolute Gasteiger partial charge is 0.360 e. The molecular weight excluding hydrogens is 402 g/mol. The zero-order valence-corrected chi connectivity index (χ0v) is 18.2. The Labute approximate surface area is 178 Å². The molecule has 0 aromatic carbocycles. The number of thiazole rings is 1. The first-order valence-corrected chi connectivity index (χ1v) is 10.9. The molecule has 0 radical (unpaired) electrons. The molecule has 1 N–H and O–H groups in total. The van der Waals surface area contributed by atoms with Gasteiger partial charge in [0.05, 0.1) is 12.5 Å². The lowest BCUT2D eigenvalue weighted by Gasteiger charge is -2.31. The zero-order chi connectivity index (χ0) is 21.3. The summed E-state index contributed by atoms with van der Waals surface area (Å²) in [7, 11) is 0. The first-order valence-electron chi connectivity index (χ1n) is 10.0. The third-order valence-corrected chi connectivity index (χ3v) is 6.17. The van der Waals surface area contributed by atoms with E-state index in [0.29, 0.717) is 29.6 Å². The normalized spacial score (nSPS) is 17.2. The molecule has 1 saturated heterocycles. The summed E-state index contributed by atoms with van der Waals surface area (Å²) < 4.78 is 7.12. The Morgan fingerprint density at radius 2 is 2.13 bits per heavy atom. The fourth-order valence-electron chi connectivity index (χ4n) is 4.05. The van der Waals surface area contributed by atoms with Gasteiger partial charge in [0.15, 0.2) is 16.7 Å². The number of carbonyl (C=O) groups excluding carboxylic acids is 2. The summed E-state index contributed by atoms with van der Waals surface area (Å²) >= 11 is 1.40. The van der Waals surface area contributed by atoms with Crippen LogP contribution in [0.15, 0.2) is 28.2 Å². The van der Waals surface area contributed by atoms with E-state index in [1.54, 1.807) is 6.20 Å². The third kappa shape index (κ3) is 4.22. The summed E-state index contributed by atoms with van der Waals surface area (Å²) in [6, 6.07) is 3.75. The molecule has 1 aliphatic heterocycles. The van der Waals surface area contributed by atoms with Gasteiger partial charge in [-0.05, 0) is 46.2 Å². The van der Waals surface area contributed by atoms with Crippen molar-refractivity contribution in [3.8, 4) is 5.82 Å². The Hall–Kier alpha value is -2.78. The molecule has 1 aliphatic rings. The summed E-state index contributed by atoms with van der Waals surface area (Å²) in [5, 5.41) is 9.39. The van der Waals surface area contributed by atoms with E-state index in [0.717, 1.165) is 36.5 Å². The number of Topliss-reactive ketones (excluding diaryl/α,β-unsaturated/α-hetero) is 1. The number of hydrogen-bond acceptors (Lipinski definition) is 7. The van der Waals surface area contributed by atoms with Gasteiger partial charge in [-0.25, -0.2) is 4.98 Å². The van der Waals surface area contributed by atoms with E-state index in [1.165, 1.54) is 11.3 Å². The lowest BCUT2D eigenvalue weighted by Crippen LogP contribution is -2.42. The quantitative estimate of drug-likeness (QED) is 0.606. The zero-order valence-electron chi connectivity index (χ0n) is 17.3. The molecule has 8 nitrogen and oxygen atoms in total. The van der Waals surface area contributed by atoms with Gasteiger partial charge in [-0.3, -0.25) is 19.1 Å². The van der Waals surface area contributed by atoms with Crippen LogP contribution in [0.25, 0.3) is 5.82 Å².